The van der Waals surface area contributed by atoms with Gasteiger partial charge in [0.25, 0.3) is 0 Å². The molecule has 0 unspecified atom stereocenters. The highest BCUT2D eigenvalue weighted by Gasteiger charge is 1.99. The first kappa shape index (κ1) is 7.94. The lowest BCUT2D eigenvalue weighted by Gasteiger charge is -2.02. The van der Waals surface area contributed by atoms with Gasteiger partial charge in [0.2, 0.25) is 0 Å². The van der Waals surface area contributed by atoms with Crippen molar-refractivity contribution >= 4 is 5.82 Å². The number of hydrogen-bond acceptors (Lipinski definition) is 4. The number of nitrogens with two attached hydrogens (primary N) is 1. The first-order chi connectivity index (χ1) is 5.24. The van der Waals surface area contributed by atoms with Gasteiger partial charge >= 0.3 is 0 Å². The van der Waals surface area contributed by atoms with E-state index in [4.69, 9.17) is 5.84 Å². The number of nitrogens with one attached hydrogen (secondary N) is 1. The molecule has 1 aromatic heterocycles. The van der Waals surface area contributed by atoms with Gasteiger partial charge < -0.3 is 5.43 Å². The fourth-order valence-electron chi connectivity index (χ4n) is 0.727. The number of nitrogens with zero attached hydrogens (tertiary/aromatic N) is 2. The van der Waals surface area contributed by atoms with Gasteiger partial charge in [-0.1, -0.05) is 13.8 Å². The lowest BCUT2D eigenvalue weighted by Crippen LogP contribution is -2.09. The molecule has 0 aliphatic carbocycles. The first-order valence-electron chi connectivity index (χ1n) is 3.54. The Labute approximate surface area is 65.8 Å². The molecule has 0 spiro atoms. The van der Waals surface area contributed by atoms with Gasteiger partial charge in [0.05, 0.1) is 5.69 Å². The van der Waals surface area contributed by atoms with Gasteiger partial charge in [0.15, 0.2) is 5.82 Å². The average molecular weight is 152 g/mol. The second-order valence-electron chi connectivity index (χ2n) is 2.64. The molecule has 1 heterocycles. The van der Waals surface area contributed by atoms with E-state index in [0.29, 0.717) is 11.7 Å². The van der Waals surface area contributed by atoms with E-state index in [-0.39, 0.29) is 0 Å². The Morgan fingerprint density at radius 2 is 2.09 bits per heavy atom. The molecule has 1 aromatic rings. The Balaban J connectivity index is 2.83. The maximum atomic E-state index is 5.12. The van der Waals surface area contributed by atoms with E-state index in [1.54, 1.807) is 0 Å². The SMILES string of the molecule is CC(C)c1ccc(NN)nn1. The Bertz CT molecular complexity index is 216. The molecule has 4 nitrogen and oxygen atoms in total. The summed E-state index contributed by atoms with van der Waals surface area (Å²) < 4.78 is 0. The lowest BCUT2D eigenvalue weighted by molar-refractivity contribution is 0.786. The van der Waals surface area contributed by atoms with Gasteiger partial charge in [0.1, 0.15) is 0 Å². The molecule has 0 saturated heterocycles. The van der Waals surface area contributed by atoms with Crippen molar-refractivity contribution in [2.75, 3.05) is 5.43 Å². The standard InChI is InChI=1S/C7H12N4/c1-5(2)6-3-4-7(9-8)11-10-6/h3-5H,8H2,1-2H3,(H,9,11). The Morgan fingerprint density at radius 1 is 1.36 bits per heavy atom. The third-order valence-corrected chi connectivity index (χ3v) is 1.42. The monoisotopic (exact) mass is 152 g/mol. The molecule has 4 heteroatoms. The summed E-state index contributed by atoms with van der Waals surface area (Å²) in [4.78, 5) is 0. The maximum Gasteiger partial charge on any atom is 0.162 e. The molecule has 0 aliphatic heterocycles. The van der Waals surface area contributed by atoms with Crippen LogP contribution in [0.15, 0.2) is 12.1 Å². The first-order valence-corrected chi connectivity index (χ1v) is 3.54. The van der Waals surface area contributed by atoms with Gasteiger partial charge in [-0.25, -0.2) is 5.84 Å². The number of hydrazine groups is 1. The van der Waals surface area contributed by atoms with Crippen molar-refractivity contribution in [3.8, 4) is 0 Å². The van der Waals surface area contributed by atoms with E-state index < -0.39 is 0 Å². The molecule has 1 rings (SSSR count). The van der Waals surface area contributed by atoms with Crippen LogP contribution in [0, 0.1) is 0 Å². The summed E-state index contributed by atoms with van der Waals surface area (Å²) in [6.45, 7) is 4.14. The van der Waals surface area contributed by atoms with E-state index in [2.05, 4.69) is 29.5 Å². The van der Waals surface area contributed by atoms with Gasteiger partial charge in [-0.05, 0) is 18.1 Å². The van der Waals surface area contributed by atoms with Crippen molar-refractivity contribution in [2.45, 2.75) is 19.8 Å². The molecule has 60 valence electrons. The van der Waals surface area contributed by atoms with E-state index >= 15 is 0 Å². The van der Waals surface area contributed by atoms with Crippen LogP contribution in [0.3, 0.4) is 0 Å². The Morgan fingerprint density at radius 3 is 2.45 bits per heavy atom. The molecular weight excluding hydrogens is 140 g/mol. The number of nitrogen functional groups attached to an aromatic ring is 1. The van der Waals surface area contributed by atoms with Crippen molar-refractivity contribution in [1.29, 1.82) is 0 Å². The summed E-state index contributed by atoms with van der Waals surface area (Å²) in [5, 5.41) is 7.79. The van der Waals surface area contributed by atoms with Crippen LogP contribution in [-0.2, 0) is 0 Å². The van der Waals surface area contributed by atoms with Crippen LogP contribution in [0.1, 0.15) is 25.5 Å². The van der Waals surface area contributed by atoms with Crippen LogP contribution in [0.2, 0.25) is 0 Å². The maximum absolute atomic E-state index is 5.12. The van der Waals surface area contributed by atoms with Crippen molar-refractivity contribution < 1.29 is 0 Å². The van der Waals surface area contributed by atoms with E-state index in [9.17, 15) is 0 Å². The minimum absolute atomic E-state index is 0.411. The number of aromatic nitrogens is 2. The van der Waals surface area contributed by atoms with Crippen molar-refractivity contribution in [1.82, 2.24) is 10.2 Å². The lowest BCUT2D eigenvalue weighted by atomic mass is 10.1. The summed E-state index contributed by atoms with van der Waals surface area (Å²) >= 11 is 0. The zero-order chi connectivity index (χ0) is 8.27. The number of rotatable bonds is 2. The summed E-state index contributed by atoms with van der Waals surface area (Å²) in [6, 6.07) is 3.72. The molecule has 0 atom stereocenters. The van der Waals surface area contributed by atoms with Crippen molar-refractivity contribution in [3.05, 3.63) is 17.8 Å². The third kappa shape index (κ3) is 1.88. The molecule has 0 bridgehead atoms. The molecular formula is C7H12N4. The highest BCUT2D eigenvalue weighted by Crippen LogP contribution is 2.10. The van der Waals surface area contributed by atoms with Gasteiger partial charge in [-0.2, -0.15) is 5.10 Å². The van der Waals surface area contributed by atoms with Crippen LogP contribution >= 0.6 is 0 Å². The Hall–Kier alpha value is -1.16. The van der Waals surface area contributed by atoms with Crippen LogP contribution in [0.4, 0.5) is 5.82 Å². The topological polar surface area (TPSA) is 63.8 Å². The minimum Gasteiger partial charge on any atom is -0.307 e. The predicted molar refractivity (Wildman–Crippen MR) is 43.9 cm³/mol. The average Bonchev–Trinajstić information content (AvgIpc) is 2.05. The number of hydrogen-bond donors (Lipinski definition) is 2. The largest absolute Gasteiger partial charge is 0.307 e. The van der Waals surface area contributed by atoms with E-state index in [1.807, 2.05) is 12.1 Å². The van der Waals surface area contributed by atoms with Gasteiger partial charge in [0, 0.05) is 0 Å². The molecule has 0 radical (unpaired) electrons. The number of anilines is 1. The molecule has 0 aromatic carbocycles. The third-order valence-electron chi connectivity index (χ3n) is 1.42. The summed E-state index contributed by atoms with van der Waals surface area (Å²) in [5.41, 5.74) is 3.40. The van der Waals surface area contributed by atoms with E-state index in [0.717, 1.165) is 5.69 Å². The van der Waals surface area contributed by atoms with Gasteiger partial charge in [-0.3, -0.25) is 0 Å². The summed E-state index contributed by atoms with van der Waals surface area (Å²) in [6.07, 6.45) is 0. The fraction of sp³-hybridized carbons (Fsp3) is 0.429. The zero-order valence-corrected chi connectivity index (χ0v) is 6.70. The van der Waals surface area contributed by atoms with Crippen LogP contribution < -0.4 is 11.3 Å². The minimum atomic E-state index is 0.411. The van der Waals surface area contributed by atoms with Crippen LogP contribution in [0.25, 0.3) is 0 Å². The zero-order valence-electron chi connectivity index (χ0n) is 6.70. The molecule has 0 saturated carbocycles. The van der Waals surface area contributed by atoms with Gasteiger partial charge in [-0.15, -0.1) is 5.10 Å². The smallest absolute Gasteiger partial charge is 0.162 e. The van der Waals surface area contributed by atoms with E-state index in [1.165, 1.54) is 0 Å². The summed E-state index contributed by atoms with van der Waals surface area (Å²) in [7, 11) is 0. The highest BCUT2D eigenvalue weighted by atomic mass is 15.3. The van der Waals surface area contributed by atoms with Crippen LogP contribution in [0.5, 0.6) is 0 Å². The molecule has 0 aliphatic rings. The van der Waals surface area contributed by atoms with Crippen LogP contribution in [-0.4, -0.2) is 10.2 Å². The fourth-order valence-corrected chi connectivity index (χ4v) is 0.727. The summed E-state index contributed by atoms with van der Waals surface area (Å²) in [5.74, 6) is 6.13. The second kappa shape index (κ2) is 3.30. The normalized spacial score (nSPS) is 10.2. The highest BCUT2D eigenvalue weighted by molar-refractivity contribution is 5.31. The second-order valence-corrected chi connectivity index (χ2v) is 2.64. The molecule has 11 heavy (non-hydrogen) atoms. The van der Waals surface area contributed by atoms with Crippen molar-refractivity contribution in [3.63, 3.8) is 0 Å². The van der Waals surface area contributed by atoms with Crippen molar-refractivity contribution in [2.24, 2.45) is 5.84 Å². The molecule has 3 N–H and O–H groups in total. The predicted octanol–water partition coefficient (Wildman–Crippen LogP) is 0.886. The molecule has 0 fully saturated rings. The molecule has 0 amide bonds. The quantitative estimate of drug-likeness (QED) is 0.488. The Kier molecular flexibility index (Phi) is 2.38.